The first kappa shape index (κ1) is 12.9. The van der Waals surface area contributed by atoms with Crippen molar-refractivity contribution < 1.29 is 9.18 Å². The maximum Gasteiger partial charge on any atom is 0.319 e. The molecule has 19 heavy (non-hydrogen) atoms. The fraction of sp³-hybridized carbons (Fsp3) is 0.0714. The smallest absolute Gasteiger partial charge is 0.319 e. The lowest BCUT2D eigenvalue weighted by molar-refractivity contribution is 0.251. The van der Waals surface area contributed by atoms with Gasteiger partial charge in [-0.25, -0.2) is 9.18 Å². The molecular formula is C14H14FN3O. The highest BCUT2D eigenvalue weighted by molar-refractivity contribution is 5.89. The van der Waals surface area contributed by atoms with Crippen molar-refractivity contribution in [2.24, 2.45) is 0 Å². The van der Waals surface area contributed by atoms with Crippen LogP contribution in [0, 0.1) is 5.82 Å². The van der Waals surface area contributed by atoms with Crippen LogP contribution in [0.3, 0.4) is 0 Å². The number of nitrogens with one attached hydrogen (secondary N) is 2. The van der Waals surface area contributed by atoms with E-state index in [0.717, 1.165) is 5.56 Å². The molecule has 0 saturated carbocycles. The Morgan fingerprint density at radius 2 is 1.68 bits per heavy atom. The molecule has 0 bridgehead atoms. The van der Waals surface area contributed by atoms with E-state index in [-0.39, 0.29) is 11.8 Å². The van der Waals surface area contributed by atoms with Crippen LogP contribution >= 0.6 is 0 Å². The fourth-order valence-electron chi connectivity index (χ4n) is 1.53. The number of carbonyl (C=O) groups excluding carboxylic acids is 1. The lowest BCUT2D eigenvalue weighted by atomic mass is 10.2. The number of anilines is 2. The molecular weight excluding hydrogens is 245 g/mol. The quantitative estimate of drug-likeness (QED) is 0.742. The Bertz CT molecular complexity index is 552. The highest BCUT2D eigenvalue weighted by Crippen LogP contribution is 2.10. The molecule has 0 aliphatic rings. The molecule has 0 aromatic heterocycles. The molecule has 98 valence electrons. The zero-order chi connectivity index (χ0) is 13.7. The summed E-state index contributed by atoms with van der Waals surface area (Å²) in [5.41, 5.74) is 7.67. The second-order valence-electron chi connectivity index (χ2n) is 4.06. The molecule has 0 aliphatic carbocycles. The van der Waals surface area contributed by atoms with Crippen LogP contribution in [0.4, 0.5) is 20.6 Å². The number of amides is 2. The van der Waals surface area contributed by atoms with E-state index in [1.807, 2.05) is 0 Å². The predicted molar refractivity (Wildman–Crippen MR) is 73.1 cm³/mol. The van der Waals surface area contributed by atoms with Crippen molar-refractivity contribution in [2.45, 2.75) is 6.54 Å². The molecule has 0 fully saturated rings. The Kier molecular flexibility index (Phi) is 3.97. The normalized spacial score (nSPS) is 9.95. The summed E-state index contributed by atoms with van der Waals surface area (Å²) >= 11 is 0. The first-order valence-corrected chi connectivity index (χ1v) is 5.78. The van der Waals surface area contributed by atoms with E-state index in [2.05, 4.69) is 10.6 Å². The topological polar surface area (TPSA) is 67.1 Å². The van der Waals surface area contributed by atoms with E-state index in [1.165, 1.54) is 12.1 Å². The van der Waals surface area contributed by atoms with Gasteiger partial charge in [-0.2, -0.15) is 0 Å². The first-order valence-electron chi connectivity index (χ1n) is 5.78. The van der Waals surface area contributed by atoms with E-state index in [4.69, 9.17) is 5.73 Å². The SMILES string of the molecule is Nc1ccc(NC(=O)NCc2ccc(F)cc2)cc1. The third-order valence-electron chi connectivity index (χ3n) is 2.53. The third kappa shape index (κ3) is 3.99. The van der Waals surface area contributed by atoms with Crippen molar-refractivity contribution in [3.05, 3.63) is 59.9 Å². The molecule has 0 aliphatic heterocycles. The number of hydrogen-bond acceptors (Lipinski definition) is 2. The van der Waals surface area contributed by atoms with Crippen LogP contribution in [0.2, 0.25) is 0 Å². The molecule has 2 aromatic carbocycles. The van der Waals surface area contributed by atoms with Gasteiger partial charge in [0, 0.05) is 17.9 Å². The highest BCUT2D eigenvalue weighted by atomic mass is 19.1. The van der Waals surface area contributed by atoms with E-state index >= 15 is 0 Å². The first-order chi connectivity index (χ1) is 9.13. The van der Waals surface area contributed by atoms with E-state index < -0.39 is 0 Å². The van der Waals surface area contributed by atoms with Gasteiger partial charge in [-0.1, -0.05) is 12.1 Å². The second-order valence-corrected chi connectivity index (χ2v) is 4.06. The van der Waals surface area contributed by atoms with E-state index in [9.17, 15) is 9.18 Å². The van der Waals surface area contributed by atoms with E-state index in [1.54, 1.807) is 36.4 Å². The molecule has 4 N–H and O–H groups in total. The van der Waals surface area contributed by atoms with Gasteiger partial charge in [0.2, 0.25) is 0 Å². The Morgan fingerprint density at radius 1 is 1.05 bits per heavy atom. The van der Waals surface area contributed by atoms with E-state index in [0.29, 0.717) is 17.9 Å². The number of urea groups is 1. The summed E-state index contributed by atoms with van der Waals surface area (Å²) in [6.07, 6.45) is 0. The summed E-state index contributed by atoms with van der Waals surface area (Å²) in [6.45, 7) is 0.334. The van der Waals surface area contributed by atoms with Gasteiger partial charge in [-0.05, 0) is 42.0 Å². The Morgan fingerprint density at radius 3 is 2.32 bits per heavy atom. The molecule has 0 unspecified atom stereocenters. The van der Waals surface area contributed by atoms with Crippen LogP contribution in [-0.4, -0.2) is 6.03 Å². The lowest BCUT2D eigenvalue weighted by Crippen LogP contribution is -2.28. The van der Waals surface area contributed by atoms with Gasteiger partial charge in [-0.15, -0.1) is 0 Å². The number of nitrogen functional groups attached to an aromatic ring is 1. The molecule has 2 rings (SSSR count). The fourth-order valence-corrected chi connectivity index (χ4v) is 1.53. The zero-order valence-electron chi connectivity index (χ0n) is 10.2. The minimum absolute atomic E-state index is 0.296. The molecule has 0 radical (unpaired) electrons. The van der Waals surface area contributed by atoms with Gasteiger partial charge in [0.1, 0.15) is 5.82 Å². The van der Waals surface area contributed by atoms with Crippen LogP contribution in [0.5, 0.6) is 0 Å². The molecule has 2 aromatic rings. The largest absolute Gasteiger partial charge is 0.399 e. The lowest BCUT2D eigenvalue weighted by Gasteiger charge is -2.08. The van der Waals surface area contributed by atoms with Gasteiger partial charge >= 0.3 is 6.03 Å². The predicted octanol–water partition coefficient (Wildman–Crippen LogP) is 2.73. The van der Waals surface area contributed by atoms with Gasteiger partial charge in [-0.3, -0.25) is 0 Å². The van der Waals surface area contributed by atoms with Crippen LogP contribution in [-0.2, 0) is 6.54 Å². The minimum Gasteiger partial charge on any atom is -0.399 e. The Hall–Kier alpha value is -2.56. The summed E-state index contributed by atoms with van der Waals surface area (Å²) in [7, 11) is 0. The van der Waals surface area contributed by atoms with Crippen molar-refractivity contribution in [1.29, 1.82) is 0 Å². The summed E-state index contributed by atoms with van der Waals surface area (Å²) in [5.74, 6) is -0.296. The van der Waals surface area contributed by atoms with Crippen molar-refractivity contribution >= 4 is 17.4 Å². The van der Waals surface area contributed by atoms with Gasteiger partial charge < -0.3 is 16.4 Å². The molecule has 0 heterocycles. The summed E-state index contributed by atoms with van der Waals surface area (Å²) in [5, 5.41) is 5.35. The molecule has 2 amide bonds. The summed E-state index contributed by atoms with van der Waals surface area (Å²) in [4.78, 5) is 11.6. The average molecular weight is 259 g/mol. The number of halogens is 1. The van der Waals surface area contributed by atoms with Crippen molar-refractivity contribution in [3.8, 4) is 0 Å². The average Bonchev–Trinajstić information content (AvgIpc) is 2.41. The summed E-state index contributed by atoms with van der Waals surface area (Å²) in [6, 6.07) is 12.5. The van der Waals surface area contributed by atoms with Gasteiger partial charge in [0.25, 0.3) is 0 Å². The Balaban J connectivity index is 1.84. The van der Waals surface area contributed by atoms with Crippen molar-refractivity contribution in [1.82, 2.24) is 5.32 Å². The third-order valence-corrected chi connectivity index (χ3v) is 2.53. The maximum absolute atomic E-state index is 12.7. The maximum atomic E-state index is 12.7. The van der Waals surface area contributed by atoms with Crippen LogP contribution < -0.4 is 16.4 Å². The Labute approximate surface area is 110 Å². The van der Waals surface area contributed by atoms with Crippen LogP contribution in [0.25, 0.3) is 0 Å². The number of nitrogens with two attached hydrogens (primary N) is 1. The van der Waals surface area contributed by atoms with Gasteiger partial charge in [0.15, 0.2) is 0 Å². The number of benzene rings is 2. The second kappa shape index (κ2) is 5.86. The number of rotatable bonds is 3. The molecule has 0 saturated heterocycles. The zero-order valence-corrected chi connectivity index (χ0v) is 10.2. The van der Waals surface area contributed by atoms with Gasteiger partial charge in [0.05, 0.1) is 0 Å². The van der Waals surface area contributed by atoms with Crippen LogP contribution in [0.15, 0.2) is 48.5 Å². The van der Waals surface area contributed by atoms with Crippen molar-refractivity contribution in [2.75, 3.05) is 11.1 Å². The number of carbonyl (C=O) groups is 1. The molecule has 5 heteroatoms. The molecule has 0 spiro atoms. The summed E-state index contributed by atoms with van der Waals surface area (Å²) < 4.78 is 12.7. The minimum atomic E-state index is -0.325. The highest BCUT2D eigenvalue weighted by Gasteiger charge is 2.01. The van der Waals surface area contributed by atoms with Crippen molar-refractivity contribution in [3.63, 3.8) is 0 Å². The molecule has 4 nitrogen and oxygen atoms in total. The molecule has 0 atom stereocenters. The standard InChI is InChI=1S/C14H14FN3O/c15-11-3-1-10(2-4-11)9-17-14(19)18-13-7-5-12(16)6-8-13/h1-8H,9,16H2,(H2,17,18,19). The monoisotopic (exact) mass is 259 g/mol. The van der Waals surface area contributed by atoms with Crippen LogP contribution in [0.1, 0.15) is 5.56 Å². The number of hydrogen-bond donors (Lipinski definition) is 3.